The van der Waals surface area contributed by atoms with Crippen molar-refractivity contribution in [2.45, 2.75) is 32.2 Å². The molecule has 1 aromatic heterocycles. The number of nitrogens with zero attached hydrogens (tertiary/aromatic N) is 2. The van der Waals surface area contributed by atoms with Crippen LogP contribution in [0.5, 0.6) is 5.75 Å². The van der Waals surface area contributed by atoms with Gasteiger partial charge in [0, 0.05) is 6.54 Å². The standard InChI is InChI=1S/C31H30N2O/c1-2-24-18-20-27(21-19-24)34-23-11-22-33-29-17-10-9-16-28(29)32-31(33)30(25-12-5-3-6-13-25)26-14-7-4-8-15-26/h3-10,12-21,30H,2,11,22-23H2,1H3. The van der Waals surface area contributed by atoms with Gasteiger partial charge in [-0.3, -0.25) is 0 Å². The van der Waals surface area contributed by atoms with Crippen LogP contribution in [-0.2, 0) is 13.0 Å². The molecule has 0 unspecified atom stereocenters. The lowest BCUT2D eigenvalue weighted by atomic mass is 9.90. The molecule has 0 aliphatic carbocycles. The van der Waals surface area contributed by atoms with E-state index in [4.69, 9.17) is 9.72 Å². The lowest BCUT2D eigenvalue weighted by molar-refractivity contribution is 0.301. The van der Waals surface area contributed by atoms with Crippen LogP contribution in [0.4, 0.5) is 0 Å². The van der Waals surface area contributed by atoms with E-state index in [0.717, 1.165) is 36.5 Å². The first-order valence-electron chi connectivity index (χ1n) is 12.1. The van der Waals surface area contributed by atoms with Crippen LogP contribution in [0.3, 0.4) is 0 Å². The fourth-order valence-electron chi connectivity index (χ4n) is 4.57. The third kappa shape index (κ3) is 4.74. The van der Waals surface area contributed by atoms with Crippen LogP contribution >= 0.6 is 0 Å². The Bertz CT molecular complexity index is 1290. The molecule has 3 nitrogen and oxygen atoms in total. The Kier molecular flexibility index (Phi) is 6.71. The Balaban J connectivity index is 1.45. The molecule has 5 rings (SSSR count). The molecule has 3 heteroatoms. The van der Waals surface area contributed by atoms with Crippen molar-refractivity contribution in [3.05, 3.63) is 132 Å². The van der Waals surface area contributed by atoms with E-state index in [1.165, 1.54) is 22.2 Å². The van der Waals surface area contributed by atoms with E-state index in [1.807, 2.05) is 0 Å². The summed E-state index contributed by atoms with van der Waals surface area (Å²) in [6.07, 6.45) is 1.94. The van der Waals surface area contributed by atoms with Crippen LogP contribution in [0.15, 0.2) is 109 Å². The maximum absolute atomic E-state index is 6.05. The number of aryl methyl sites for hydroxylation is 2. The van der Waals surface area contributed by atoms with E-state index in [1.54, 1.807) is 0 Å². The first kappa shape index (κ1) is 22.0. The second-order valence-electron chi connectivity index (χ2n) is 8.56. The smallest absolute Gasteiger partial charge is 0.121 e. The second-order valence-corrected chi connectivity index (χ2v) is 8.56. The number of para-hydroxylation sites is 2. The Morgan fingerprint density at radius 3 is 2.00 bits per heavy atom. The molecular weight excluding hydrogens is 416 g/mol. The summed E-state index contributed by atoms with van der Waals surface area (Å²) < 4.78 is 8.43. The largest absolute Gasteiger partial charge is 0.494 e. The predicted octanol–water partition coefficient (Wildman–Crippen LogP) is 7.25. The summed E-state index contributed by atoms with van der Waals surface area (Å²) in [6, 6.07) is 38.2. The fourth-order valence-corrected chi connectivity index (χ4v) is 4.57. The van der Waals surface area contributed by atoms with Crippen LogP contribution < -0.4 is 4.74 Å². The lowest BCUT2D eigenvalue weighted by Gasteiger charge is -2.20. The third-order valence-electron chi connectivity index (χ3n) is 6.33. The van der Waals surface area contributed by atoms with Gasteiger partial charge in [0.1, 0.15) is 11.6 Å². The predicted molar refractivity (Wildman–Crippen MR) is 139 cm³/mol. The van der Waals surface area contributed by atoms with Gasteiger partial charge in [-0.1, -0.05) is 91.9 Å². The third-order valence-corrected chi connectivity index (χ3v) is 6.33. The summed E-state index contributed by atoms with van der Waals surface area (Å²) in [5.41, 5.74) is 6.02. The average molecular weight is 447 g/mol. The summed E-state index contributed by atoms with van der Waals surface area (Å²) >= 11 is 0. The van der Waals surface area contributed by atoms with Crippen LogP contribution in [0, 0.1) is 0 Å². The average Bonchev–Trinajstić information content (AvgIpc) is 3.26. The Morgan fingerprint density at radius 1 is 0.735 bits per heavy atom. The number of fused-ring (bicyclic) bond motifs is 1. The maximum Gasteiger partial charge on any atom is 0.121 e. The molecule has 0 radical (unpaired) electrons. The van der Waals surface area contributed by atoms with Gasteiger partial charge >= 0.3 is 0 Å². The number of imidazole rings is 1. The summed E-state index contributed by atoms with van der Waals surface area (Å²) in [6.45, 7) is 3.68. The molecular formula is C31H30N2O. The van der Waals surface area contributed by atoms with Gasteiger partial charge in [0.25, 0.3) is 0 Å². The van der Waals surface area contributed by atoms with E-state index in [-0.39, 0.29) is 5.92 Å². The van der Waals surface area contributed by atoms with Gasteiger partial charge in [-0.2, -0.15) is 0 Å². The van der Waals surface area contributed by atoms with Crippen molar-refractivity contribution in [3.8, 4) is 5.75 Å². The summed E-state index contributed by atoms with van der Waals surface area (Å²) in [7, 11) is 0. The van der Waals surface area contributed by atoms with Gasteiger partial charge < -0.3 is 9.30 Å². The van der Waals surface area contributed by atoms with Crippen molar-refractivity contribution in [3.63, 3.8) is 0 Å². The quantitative estimate of drug-likeness (QED) is 0.223. The number of hydrogen-bond donors (Lipinski definition) is 0. The Morgan fingerprint density at radius 2 is 1.35 bits per heavy atom. The van der Waals surface area contributed by atoms with Crippen molar-refractivity contribution < 1.29 is 4.74 Å². The van der Waals surface area contributed by atoms with Gasteiger partial charge in [0.15, 0.2) is 0 Å². The molecule has 0 amide bonds. The molecule has 0 fully saturated rings. The van der Waals surface area contributed by atoms with Crippen LogP contribution in [0.1, 0.15) is 41.8 Å². The van der Waals surface area contributed by atoms with E-state index >= 15 is 0 Å². The van der Waals surface area contributed by atoms with Gasteiger partial charge in [0.2, 0.25) is 0 Å². The van der Waals surface area contributed by atoms with Gasteiger partial charge in [-0.05, 0) is 53.8 Å². The molecule has 1 heterocycles. The number of hydrogen-bond acceptors (Lipinski definition) is 2. The highest BCUT2D eigenvalue weighted by molar-refractivity contribution is 5.76. The highest BCUT2D eigenvalue weighted by Crippen LogP contribution is 2.33. The zero-order chi connectivity index (χ0) is 23.2. The first-order valence-corrected chi connectivity index (χ1v) is 12.1. The van der Waals surface area contributed by atoms with Crippen LogP contribution in [0.25, 0.3) is 11.0 Å². The molecule has 5 aromatic rings. The molecule has 0 bridgehead atoms. The number of ether oxygens (including phenoxy) is 1. The highest BCUT2D eigenvalue weighted by atomic mass is 16.5. The summed E-state index contributed by atoms with van der Waals surface area (Å²) in [4.78, 5) is 5.14. The molecule has 0 N–H and O–H groups in total. The van der Waals surface area contributed by atoms with Gasteiger partial charge in [0.05, 0.1) is 23.6 Å². The monoisotopic (exact) mass is 446 g/mol. The SMILES string of the molecule is CCc1ccc(OCCCn2c(C(c3ccccc3)c3ccccc3)nc3ccccc32)cc1. The molecule has 170 valence electrons. The minimum absolute atomic E-state index is 0.0670. The lowest BCUT2D eigenvalue weighted by Crippen LogP contribution is -2.13. The zero-order valence-corrected chi connectivity index (χ0v) is 19.6. The second kappa shape index (κ2) is 10.4. The minimum atomic E-state index is 0.0670. The van der Waals surface area contributed by atoms with Crippen LogP contribution in [-0.4, -0.2) is 16.2 Å². The minimum Gasteiger partial charge on any atom is -0.494 e. The van der Waals surface area contributed by atoms with Gasteiger partial charge in [-0.25, -0.2) is 4.98 Å². The molecule has 0 saturated heterocycles. The number of rotatable bonds is 9. The fraction of sp³-hybridized carbons (Fsp3) is 0.194. The maximum atomic E-state index is 6.05. The number of aromatic nitrogens is 2. The van der Waals surface area contributed by atoms with Gasteiger partial charge in [-0.15, -0.1) is 0 Å². The zero-order valence-electron chi connectivity index (χ0n) is 19.6. The van der Waals surface area contributed by atoms with Crippen molar-refractivity contribution in [2.24, 2.45) is 0 Å². The molecule has 34 heavy (non-hydrogen) atoms. The number of benzene rings is 4. The molecule has 0 atom stereocenters. The van der Waals surface area contributed by atoms with Crippen molar-refractivity contribution in [1.29, 1.82) is 0 Å². The van der Waals surface area contributed by atoms with Crippen molar-refractivity contribution >= 4 is 11.0 Å². The van der Waals surface area contributed by atoms with Crippen molar-refractivity contribution in [2.75, 3.05) is 6.61 Å². The molecule has 4 aromatic carbocycles. The molecule has 0 aliphatic rings. The van der Waals surface area contributed by atoms with Crippen molar-refractivity contribution in [1.82, 2.24) is 9.55 Å². The highest BCUT2D eigenvalue weighted by Gasteiger charge is 2.23. The van der Waals surface area contributed by atoms with E-state index in [9.17, 15) is 0 Å². The van der Waals surface area contributed by atoms with E-state index in [0.29, 0.717) is 6.61 Å². The normalized spacial score (nSPS) is 11.2. The first-order chi connectivity index (χ1) is 16.8. The topological polar surface area (TPSA) is 27.1 Å². The Hall–Kier alpha value is -3.85. The van der Waals surface area contributed by atoms with Crippen LogP contribution in [0.2, 0.25) is 0 Å². The molecule has 0 saturated carbocycles. The van der Waals surface area contributed by atoms with E-state index < -0.39 is 0 Å². The summed E-state index contributed by atoms with van der Waals surface area (Å²) in [5.74, 6) is 2.07. The summed E-state index contributed by atoms with van der Waals surface area (Å²) in [5, 5.41) is 0. The van der Waals surface area contributed by atoms with E-state index in [2.05, 4.69) is 121 Å². The molecule has 0 spiro atoms. The Labute approximate surface area is 201 Å². The molecule has 0 aliphatic heterocycles.